The zero-order valence-electron chi connectivity index (χ0n) is 11.4. The lowest BCUT2D eigenvalue weighted by Crippen LogP contribution is -2.08. The molecule has 2 rings (SSSR count). The van der Waals surface area contributed by atoms with E-state index >= 15 is 0 Å². The molecule has 96 valence electrons. The summed E-state index contributed by atoms with van der Waals surface area (Å²) in [5, 5.41) is 4.57. The molecular weight excluding hydrogens is 224 g/mol. The van der Waals surface area contributed by atoms with Gasteiger partial charge in [0, 0.05) is 17.9 Å². The third-order valence-corrected chi connectivity index (χ3v) is 3.31. The summed E-state index contributed by atoms with van der Waals surface area (Å²) in [6.07, 6.45) is 2.78. The van der Waals surface area contributed by atoms with Crippen LogP contribution in [0.25, 0.3) is 5.82 Å². The van der Waals surface area contributed by atoms with E-state index < -0.39 is 0 Å². The Balaban J connectivity index is 2.52. The van der Waals surface area contributed by atoms with Gasteiger partial charge >= 0.3 is 0 Å². The quantitative estimate of drug-likeness (QED) is 0.902. The number of aryl methyl sites for hydroxylation is 1. The standard InChI is InChI=1S/C14H20N4/c1-5-13-10(3)17-18(11(13)4)14-8-12(9(2)15)6-7-16-14/h6-9H,5,15H2,1-4H3/t9-/m0/s1. The van der Waals surface area contributed by atoms with Crippen LogP contribution < -0.4 is 5.73 Å². The Labute approximate surface area is 108 Å². The van der Waals surface area contributed by atoms with Gasteiger partial charge in [-0.1, -0.05) is 6.92 Å². The molecule has 0 bridgehead atoms. The van der Waals surface area contributed by atoms with Gasteiger partial charge in [0.15, 0.2) is 5.82 Å². The maximum Gasteiger partial charge on any atom is 0.153 e. The normalized spacial score (nSPS) is 12.7. The summed E-state index contributed by atoms with van der Waals surface area (Å²) in [5.41, 5.74) is 10.5. The molecule has 0 saturated carbocycles. The number of hydrogen-bond acceptors (Lipinski definition) is 3. The first-order valence-corrected chi connectivity index (χ1v) is 6.31. The van der Waals surface area contributed by atoms with Gasteiger partial charge in [0.2, 0.25) is 0 Å². The maximum absolute atomic E-state index is 5.90. The minimum atomic E-state index is 0.00867. The second-order valence-electron chi connectivity index (χ2n) is 4.65. The van der Waals surface area contributed by atoms with Crippen LogP contribution in [0.15, 0.2) is 18.3 Å². The minimum Gasteiger partial charge on any atom is -0.324 e. The van der Waals surface area contributed by atoms with E-state index in [0.717, 1.165) is 29.2 Å². The van der Waals surface area contributed by atoms with Crippen molar-refractivity contribution in [2.24, 2.45) is 5.73 Å². The fourth-order valence-corrected chi connectivity index (χ4v) is 2.24. The zero-order valence-corrected chi connectivity index (χ0v) is 11.4. The molecule has 0 aliphatic heterocycles. The summed E-state index contributed by atoms with van der Waals surface area (Å²) in [4.78, 5) is 4.39. The number of aromatic nitrogens is 3. The number of nitrogens with two attached hydrogens (primary N) is 1. The van der Waals surface area contributed by atoms with Crippen molar-refractivity contribution in [2.75, 3.05) is 0 Å². The van der Waals surface area contributed by atoms with Gasteiger partial charge in [-0.25, -0.2) is 9.67 Å². The Hall–Kier alpha value is -1.68. The Bertz CT molecular complexity index is 555. The lowest BCUT2D eigenvalue weighted by atomic mass is 10.1. The molecule has 1 atom stereocenters. The van der Waals surface area contributed by atoms with E-state index in [0.29, 0.717) is 0 Å². The molecule has 2 aromatic rings. The van der Waals surface area contributed by atoms with Crippen LogP contribution >= 0.6 is 0 Å². The maximum atomic E-state index is 5.90. The fourth-order valence-electron chi connectivity index (χ4n) is 2.24. The lowest BCUT2D eigenvalue weighted by Gasteiger charge is -2.08. The molecule has 4 heteroatoms. The van der Waals surface area contributed by atoms with Crippen molar-refractivity contribution < 1.29 is 0 Å². The number of hydrogen-bond donors (Lipinski definition) is 1. The largest absolute Gasteiger partial charge is 0.324 e. The Morgan fingerprint density at radius 3 is 2.67 bits per heavy atom. The summed E-state index contributed by atoms with van der Waals surface area (Å²) in [6.45, 7) is 8.24. The molecule has 0 aromatic carbocycles. The van der Waals surface area contributed by atoms with Gasteiger partial charge in [-0.2, -0.15) is 5.10 Å². The predicted octanol–water partition coefficient (Wildman–Crippen LogP) is 2.47. The Morgan fingerprint density at radius 1 is 1.39 bits per heavy atom. The second kappa shape index (κ2) is 4.90. The third kappa shape index (κ3) is 2.16. The van der Waals surface area contributed by atoms with Crippen molar-refractivity contribution in [3.05, 3.63) is 40.8 Å². The van der Waals surface area contributed by atoms with Crippen molar-refractivity contribution in [1.29, 1.82) is 0 Å². The van der Waals surface area contributed by atoms with E-state index in [9.17, 15) is 0 Å². The molecule has 0 radical (unpaired) electrons. The number of pyridine rings is 1. The van der Waals surface area contributed by atoms with E-state index in [1.807, 2.05) is 30.7 Å². The molecule has 0 unspecified atom stereocenters. The van der Waals surface area contributed by atoms with Crippen molar-refractivity contribution in [1.82, 2.24) is 14.8 Å². The van der Waals surface area contributed by atoms with Gasteiger partial charge in [-0.05, 0) is 50.5 Å². The Kier molecular flexibility index (Phi) is 3.48. The minimum absolute atomic E-state index is 0.00867. The van der Waals surface area contributed by atoms with E-state index in [-0.39, 0.29) is 6.04 Å². The van der Waals surface area contributed by atoms with Gasteiger partial charge in [-0.3, -0.25) is 0 Å². The summed E-state index contributed by atoms with van der Waals surface area (Å²) in [7, 11) is 0. The van der Waals surface area contributed by atoms with Crippen molar-refractivity contribution in [3.63, 3.8) is 0 Å². The highest BCUT2D eigenvalue weighted by Crippen LogP contribution is 2.19. The summed E-state index contributed by atoms with van der Waals surface area (Å²) >= 11 is 0. The van der Waals surface area contributed by atoms with Gasteiger partial charge in [0.1, 0.15) is 0 Å². The average molecular weight is 244 g/mol. The fraction of sp³-hybridized carbons (Fsp3) is 0.429. The summed E-state index contributed by atoms with van der Waals surface area (Å²) in [5.74, 6) is 0.838. The second-order valence-corrected chi connectivity index (χ2v) is 4.65. The van der Waals surface area contributed by atoms with Crippen LogP contribution in [0.4, 0.5) is 0 Å². The molecule has 0 aliphatic rings. The van der Waals surface area contributed by atoms with Gasteiger partial charge in [-0.15, -0.1) is 0 Å². The lowest BCUT2D eigenvalue weighted by molar-refractivity contribution is 0.780. The first kappa shape index (κ1) is 12.8. The van der Waals surface area contributed by atoms with E-state index in [1.54, 1.807) is 6.20 Å². The van der Waals surface area contributed by atoms with E-state index in [2.05, 4.69) is 23.9 Å². The number of rotatable bonds is 3. The molecule has 0 spiro atoms. The van der Waals surface area contributed by atoms with Gasteiger partial charge in [0.05, 0.1) is 5.69 Å². The molecule has 2 heterocycles. The van der Waals surface area contributed by atoms with Crippen LogP contribution in [0, 0.1) is 13.8 Å². The van der Waals surface area contributed by atoms with Crippen molar-refractivity contribution in [3.8, 4) is 5.82 Å². The highest BCUT2D eigenvalue weighted by molar-refractivity contribution is 5.35. The third-order valence-electron chi connectivity index (χ3n) is 3.31. The monoisotopic (exact) mass is 244 g/mol. The first-order valence-electron chi connectivity index (χ1n) is 6.31. The average Bonchev–Trinajstić information content (AvgIpc) is 2.64. The molecule has 2 N–H and O–H groups in total. The highest BCUT2D eigenvalue weighted by atomic mass is 15.3. The van der Waals surface area contributed by atoms with Gasteiger partial charge < -0.3 is 5.73 Å². The number of nitrogens with zero attached hydrogens (tertiary/aromatic N) is 3. The Morgan fingerprint density at radius 2 is 2.11 bits per heavy atom. The molecule has 2 aromatic heterocycles. The smallest absolute Gasteiger partial charge is 0.153 e. The van der Waals surface area contributed by atoms with Crippen LogP contribution in [-0.2, 0) is 6.42 Å². The van der Waals surface area contributed by atoms with Crippen molar-refractivity contribution >= 4 is 0 Å². The zero-order chi connectivity index (χ0) is 13.3. The van der Waals surface area contributed by atoms with Crippen LogP contribution in [0.2, 0.25) is 0 Å². The van der Waals surface area contributed by atoms with Gasteiger partial charge in [0.25, 0.3) is 0 Å². The molecule has 0 amide bonds. The highest BCUT2D eigenvalue weighted by Gasteiger charge is 2.12. The summed E-state index contributed by atoms with van der Waals surface area (Å²) < 4.78 is 1.90. The molecule has 4 nitrogen and oxygen atoms in total. The molecular formula is C14H20N4. The SMILES string of the molecule is CCc1c(C)nn(-c2cc([C@H](C)N)ccn2)c1C. The van der Waals surface area contributed by atoms with Crippen LogP contribution in [-0.4, -0.2) is 14.8 Å². The molecule has 0 fully saturated rings. The molecule has 0 aliphatic carbocycles. The van der Waals surface area contributed by atoms with E-state index in [4.69, 9.17) is 5.73 Å². The summed E-state index contributed by atoms with van der Waals surface area (Å²) in [6, 6.07) is 3.96. The molecule has 18 heavy (non-hydrogen) atoms. The first-order chi connectivity index (χ1) is 8.54. The molecule has 0 saturated heterocycles. The van der Waals surface area contributed by atoms with Crippen LogP contribution in [0.3, 0.4) is 0 Å². The van der Waals surface area contributed by atoms with Crippen molar-refractivity contribution in [2.45, 2.75) is 40.2 Å². The van der Waals surface area contributed by atoms with Crippen LogP contribution in [0.5, 0.6) is 0 Å². The van der Waals surface area contributed by atoms with Crippen LogP contribution in [0.1, 0.15) is 42.4 Å². The van der Waals surface area contributed by atoms with E-state index in [1.165, 1.54) is 5.56 Å². The predicted molar refractivity (Wildman–Crippen MR) is 72.8 cm³/mol. The topological polar surface area (TPSA) is 56.7 Å².